The zero-order valence-electron chi connectivity index (χ0n) is 6.86. The summed E-state index contributed by atoms with van der Waals surface area (Å²) in [6.45, 7) is 0. The van der Waals surface area contributed by atoms with Crippen molar-refractivity contribution in [2.75, 3.05) is 14.1 Å². The molecule has 0 unspecified atom stereocenters. The van der Waals surface area contributed by atoms with E-state index in [-0.39, 0.29) is 0 Å². The van der Waals surface area contributed by atoms with Crippen LogP contribution in [0.25, 0.3) is 0 Å². The van der Waals surface area contributed by atoms with Crippen LogP contribution in [0.5, 0.6) is 0 Å². The van der Waals surface area contributed by atoms with Gasteiger partial charge in [-0.1, -0.05) is 36.4 Å². The van der Waals surface area contributed by atoms with Crippen molar-refractivity contribution >= 4 is 0 Å². The summed E-state index contributed by atoms with van der Waals surface area (Å²) >= 11 is 0. The van der Waals surface area contributed by atoms with Gasteiger partial charge in [0.05, 0.1) is 0 Å². The van der Waals surface area contributed by atoms with Gasteiger partial charge >= 0.3 is 0 Å². The Morgan fingerprint density at radius 2 is 0.818 bits per heavy atom. The first-order valence-electron chi connectivity index (χ1n) is 3.20. The minimum Gasteiger partial charge on any atom is -0.323 e. The fourth-order valence-corrected chi connectivity index (χ4v) is 0.385. The molecule has 0 atom stereocenters. The topological polar surface area (TPSA) is 59.6 Å². The lowest BCUT2D eigenvalue weighted by molar-refractivity contribution is 1.02. The van der Waals surface area contributed by atoms with Gasteiger partial charge in [-0.05, 0) is 14.1 Å². The summed E-state index contributed by atoms with van der Waals surface area (Å²) in [5.74, 6) is 0. The fraction of sp³-hybridized carbons (Fsp3) is 0.250. The smallest absolute Gasteiger partial charge is 0 e. The van der Waals surface area contributed by atoms with Crippen LogP contribution >= 0.6 is 0 Å². The van der Waals surface area contributed by atoms with E-state index >= 15 is 0 Å². The molecule has 0 heterocycles. The van der Waals surface area contributed by atoms with Crippen LogP contribution < -0.4 is 5.32 Å². The zero-order valence-corrected chi connectivity index (χ0v) is 6.86. The van der Waals surface area contributed by atoms with Crippen molar-refractivity contribution in [1.82, 2.24) is 5.32 Å². The second kappa shape index (κ2) is 15.8. The van der Waals surface area contributed by atoms with E-state index in [1.54, 1.807) is 0 Å². The van der Waals surface area contributed by atoms with Crippen LogP contribution in [-0.2, 0) is 0 Å². The summed E-state index contributed by atoms with van der Waals surface area (Å²) in [6.07, 6.45) is 0. The lowest BCUT2D eigenvalue weighted by Gasteiger charge is -1.69. The van der Waals surface area contributed by atoms with Crippen LogP contribution in [0.2, 0.25) is 0 Å². The molecule has 1 aromatic carbocycles. The molecule has 1 rings (SSSR count). The Balaban J connectivity index is 0. The molecule has 0 aliphatic carbocycles. The maximum absolute atomic E-state index is 6.00. The lowest BCUT2D eigenvalue weighted by atomic mass is 10.4. The maximum Gasteiger partial charge on any atom is 0 e. The Labute approximate surface area is 67.5 Å². The van der Waals surface area contributed by atoms with E-state index in [0.29, 0.717) is 0 Å². The molecule has 0 spiro atoms. The first kappa shape index (κ1) is 12.3. The van der Waals surface area contributed by atoms with Crippen LogP contribution in [0, 0.1) is 10.8 Å². The second-order valence-corrected chi connectivity index (χ2v) is 1.65. The highest BCUT2D eigenvalue weighted by Crippen LogP contribution is 1.79. The van der Waals surface area contributed by atoms with E-state index in [1.807, 2.05) is 50.5 Å². The van der Waals surface area contributed by atoms with Gasteiger partial charge in [0.25, 0.3) is 0 Å². The molecule has 1 aromatic rings. The van der Waals surface area contributed by atoms with Crippen LogP contribution in [0.15, 0.2) is 36.4 Å². The normalized spacial score (nSPS) is 6.18. The van der Waals surface area contributed by atoms with Crippen molar-refractivity contribution in [3.8, 4) is 0 Å². The molecule has 0 radical (unpaired) electrons. The van der Waals surface area contributed by atoms with Crippen molar-refractivity contribution < 1.29 is 0 Å². The van der Waals surface area contributed by atoms with E-state index in [0.717, 1.165) is 0 Å². The molecule has 3 nitrogen and oxygen atoms in total. The molecule has 11 heavy (non-hydrogen) atoms. The van der Waals surface area contributed by atoms with Crippen LogP contribution in [0.1, 0.15) is 0 Å². The van der Waals surface area contributed by atoms with E-state index < -0.39 is 0 Å². The SMILES string of the molecule is CNC.N#N.c1ccccc1. The summed E-state index contributed by atoms with van der Waals surface area (Å²) in [4.78, 5) is 0. The fourth-order valence-electron chi connectivity index (χ4n) is 0.385. The average Bonchev–Trinajstić information content (AvgIpc) is 2.12. The predicted octanol–water partition coefficient (Wildman–Crippen LogP) is 1.55. The van der Waals surface area contributed by atoms with Crippen molar-refractivity contribution in [3.63, 3.8) is 0 Å². The highest BCUT2D eigenvalue weighted by molar-refractivity contribution is 4.99. The van der Waals surface area contributed by atoms with Gasteiger partial charge in [0, 0.05) is 10.8 Å². The molecule has 60 valence electrons. The van der Waals surface area contributed by atoms with Gasteiger partial charge < -0.3 is 5.32 Å². The Bertz CT molecular complexity index is 121. The summed E-state index contributed by atoms with van der Waals surface area (Å²) in [5, 5.41) is 14.8. The molecule has 0 bridgehead atoms. The third-order valence-corrected chi connectivity index (χ3v) is 0.667. The molecule has 0 saturated carbocycles. The average molecular weight is 151 g/mol. The van der Waals surface area contributed by atoms with Crippen LogP contribution in [0.3, 0.4) is 0 Å². The molecular formula is C8H13N3. The van der Waals surface area contributed by atoms with Gasteiger partial charge in [-0.2, -0.15) is 0 Å². The van der Waals surface area contributed by atoms with Gasteiger partial charge in [-0.15, -0.1) is 0 Å². The Morgan fingerprint density at radius 1 is 0.727 bits per heavy atom. The van der Waals surface area contributed by atoms with Crippen LogP contribution in [-0.4, -0.2) is 14.1 Å². The molecular weight excluding hydrogens is 138 g/mol. The van der Waals surface area contributed by atoms with Crippen molar-refractivity contribution in [2.24, 2.45) is 0 Å². The Morgan fingerprint density at radius 3 is 0.909 bits per heavy atom. The molecule has 3 heteroatoms. The second-order valence-electron chi connectivity index (χ2n) is 1.65. The Kier molecular flexibility index (Phi) is 17.7. The summed E-state index contributed by atoms with van der Waals surface area (Å²) < 4.78 is 0. The largest absolute Gasteiger partial charge is 0.323 e. The summed E-state index contributed by atoms with van der Waals surface area (Å²) in [5.41, 5.74) is 0. The number of hydrogen-bond acceptors (Lipinski definition) is 3. The van der Waals surface area contributed by atoms with Gasteiger partial charge in [0.1, 0.15) is 0 Å². The quantitative estimate of drug-likeness (QED) is 0.572. The monoisotopic (exact) mass is 151 g/mol. The highest BCUT2D eigenvalue weighted by Gasteiger charge is 1.57. The number of rotatable bonds is 0. The predicted molar refractivity (Wildman–Crippen MR) is 44.9 cm³/mol. The van der Waals surface area contributed by atoms with E-state index in [1.165, 1.54) is 0 Å². The standard InChI is InChI=1S/C6H6.C2H7N.N2/c1-2-4-6-5-3-1;1-3-2;1-2/h1-6H;3H,1-2H3;. The minimum atomic E-state index is 1.88. The van der Waals surface area contributed by atoms with Gasteiger partial charge in [0.2, 0.25) is 0 Å². The number of nitrogens with one attached hydrogen (secondary N) is 1. The summed E-state index contributed by atoms with van der Waals surface area (Å²) in [7, 11) is 3.75. The highest BCUT2D eigenvalue weighted by atomic mass is 14.7. The van der Waals surface area contributed by atoms with E-state index in [2.05, 4.69) is 5.32 Å². The third kappa shape index (κ3) is 17.7. The van der Waals surface area contributed by atoms with Crippen molar-refractivity contribution in [3.05, 3.63) is 36.4 Å². The third-order valence-electron chi connectivity index (χ3n) is 0.667. The van der Waals surface area contributed by atoms with Gasteiger partial charge in [0.15, 0.2) is 0 Å². The Hall–Kier alpha value is -1.40. The number of benzene rings is 1. The molecule has 0 amide bonds. The molecule has 0 aliphatic heterocycles. The molecule has 0 aromatic heterocycles. The van der Waals surface area contributed by atoms with E-state index in [9.17, 15) is 0 Å². The number of nitrogens with zero attached hydrogens (tertiary/aromatic N) is 2. The van der Waals surface area contributed by atoms with Crippen molar-refractivity contribution in [2.45, 2.75) is 0 Å². The minimum absolute atomic E-state index is 1.88. The number of hydrogen-bond donors (Lipinski definition) is 1. The molecule has 0 fully saturated rings. The van der Waals surface area contributed by atoms with Gasteiger partial charge in [-0.3, -0.25) is 0 Å². The maximum atomic E-state index is 6.00. The molecule has 0 saturated heterocycles. The van der Waals surface area contributed by atoms with Gasteiger partial charge in [-0.25, -0.2) is 0 Å². The van der Waals surface area contributed by atoms with Crippen molar-refractivity contribution in [1.29, 1.82) is 10.8 Å². The lowest BCUT2D eigenvalue weighted by Crippen LogP contribution is -1.89. The first-order chi connectivity index (χ1) is 5.41. The van der Waals surface area contributed by atoms with E-state index in [4.69, 9.17) is 10.8 Å². The van der Waals surface area contributed by atoms with Crippen LogP contribution in [0.4, 0.5) is 0 Å². The zero-order chi connectivity index (χ0) is 8.95. The molecule has 0 aliphatic rings. The summed E-state index contributed by atoms with van der Waals surface area (Å²) in [6, 6.07) is 12.0. The first-order valence-corrected chi connectivity index (χ1v) is 3.20. The molecule has 1 N–H and O–H groups in total.